The van der Waals surface area contributed by atoms with Gasteiger partial charge in [-0.15, -0.1) is 10.2 Å². The van der Waals surface area contributed by atoms with Gasteiger partial charge in [-0.05, 0) is 36.4 Å². The van der Waals surface area contributed by atoms with Gasteiger partial charge in [-0.1, -0.05) is 6.07 Å². The highest BCUT2D eigenvalue weighted by Crippen LogP contribution is 2.17. The minimum absolute atomic E-state index is 0.0362. The number of hydrogen-bond donors (Lipinski definition) is 1. The summed E-state index contributed by atoms with van der Waals surface area (Å²) in [6.45, 7) is 2.24. The summed E-state index contributed by atoms with van der Waals surface area (Å²) >= 11 is 0. The van der Waals surface area contributed by atoms with Crippen LogP contribution in [0, 0.1) is 0 Å². The van der Waals surface area contributed by atoms with Gasteiger partial charge in [-0.3, -0.25) is 14.2 Å². The molecule has 0 unspecified atom stereocenters. The van der Waals surface area contributed by atoms with Crippen molar-refractivity contribution in [1.82, 2.24) is 24.6 Å². The van der Waals surface area contributed by atoms with E-state index in [4.69, 9.17) is 9.47 Å². The zero-order valence-electron chi connectivity index (χ0n) is 16.1. The molecule has 30 heavy (non-hydrogen) atoms. The molecule has 10 nitrogen and oxygen atoms in total. The van der Waals surface area contributed by atoms with Gasteiger partial charge in [0.25, 0.3) is 11.8 Å². The Morgan fingerprint density at radius 3 is 2.50 bits per heavy atom. The number of ether oxygens (including phenoxy) is 2. The molecule has 1 aromatic carbocycles. The Morgan fingerprint density at radius 1 is 1.03 bits per heavy atom. The van der Waals surface area contributed by atoms with Crippen LogP contribution in [0.4, 0.5) is 5.69 Å². The van der Waals surface area contributed by atoms with E-state index < -0.39 is 0 Å². The van der Waals surface area contributed by atoms with Crippen LogP contribution < -0.4 is 10.1 Å². The van der Waals surface area contributed by atoms with Gasteiger partial charge in [0.15, 0.2) is 6.61 Å². The zero-order chi connectivity index (χ0) is 20.8. The number of carbonyl (C=O) groups is 2. The third kappa shape index (κ3) is 4.78. The van der Waals surface area contributed by atoms with E-state index in [0.29, 0.717) is 43.6 Å². The minimum atomic E-state index is -0.346. The Hall–Kier alpha value is -3.79. The summed E-state index contributed by atoms with van der Waals surface area (Å²) < 4.78 is 12.4. The number of benzene rings is 1. The van der Waals surface area contributed by atoms with Crippen LogP contribution in [0.25, 0.3) is 5.82 Å². The summed E-state index contributed by atoms with van der Waals surface area (Å²) in [5.74, 6) is 0.666. The first-order valence-electron chi connectivity index (χ1n) is 9.41. The van der Waals surface area contributed by atoms with Gasteiger partial charge in [0.1, 0.15) is 29.9 Å². The van der Waals surface area contributed by atoms with Crippen molar-refractivity contribution in [3.8, 4) is 11.6 Å². The number of rotatable bonds is 6. The normalized spacial score (nSPS) is 13.7. The van der Waals surface area contributed by atoms with Gasteiger partial charge in [0.2, 0.25) is 0 Å². The molecular formula is C20H20N6O4. The molecule has 0 aliphatic carbocycles. The second-order valence-electron chi connectivity index (χ2n) is 6.51. The van der Waals surface area contributed by atoms with Crippen LogP contribution >= 0.6 is 0 Å². The standard InChI is InChI=1S/C20H20N6O4/c27-19(25-8-10-29-11-9-25)12-30-16-6-4-15(5-7-16)23-20(28)17-2-1-3-18(24-17)26-13-21-22-14-26/h1-7,13-14H,8-12H2,(H,23,28). The number of morpholine rings is 1. The highest BCUT2D eigenvalue weighted by Gasteiger charge is 2.17. The first-order chi connectivity index (χ1) is 14.7. The number of nitrogens with zero attached hydrogens (tertiary/aromatic N) is 5. The van der Waals surface area contributed by atoms with E-state index in [9.17, 15) is 9.59 Å². The van der Waals surface area contributed by atoms with Crippen LogP contribution in [0.5, 0.6) is 5.75 Å². The molecule has 2 amide bonds. The summed E-state index contributed by atoms with van der Waals surface area (Å²) in [6, 6.07) is 11.9. The maximum atomic E-state index is 12.5. The lowest BCUT2D eigenvalue weighted by molar-refractivity contribution is -0.137. The van der Waals surface area contributed by atoms with Gasteiger partial charge < -0.3 is 19.7 Å². The van der Waals surface area contributed by atoms with Crippen molar-refractivity contribution in [1.29, 1.82) is 0 Å². The smallest absolute Gasteiger partial charge is 0.274 e. The van der Waals surface area contributed by atoms with Crippen molar-refractivity contribution in [2.75, 3.05) is 38.2 Å². The summed E-state index contributed by atoms with van der Waals surface area (Å²) in [6.07, 6.45) is 3.01. The number of pyridine rings is 1. The van der Waals surface area contributed by atoms with Gasteiger partial charge in [-0.25, -0.2) is 4.98 Å². The summed E-state index contributed by atoms with van der Waals surface area (Å²) in [5, 5.41) is 10.3. The number of amides is 2. The van der Waals surface area contributed by atoms with E-state index in [2.05, 4.69) is 20.5 Å². The van der Waals surface area contributed by atoms with Crippen LogP contribution in [0.2, 0.25) is 0 Å². The molecular weight excluding hydrogens is 388 g/mol. The largest absolute Gasteiger partial charge is 0.484 e. The quantitative estimate of drug-likeness (QED) is 0.651. The van der Waals surface area contributed by atoms with Crippen molar-refractivity contribution in [3.63, 3.8) is 0 Å². The van der Waals surface area contributed by atoms with Gasteiger partial charge in [0, 0.05) is 18.8 Å². The number of carbonyl (C=O) groups excluding carboxylic acids is 2. The molecule has 4 rings (SSSR count). The van der Waals surface area contributed by atoms with Crippen LogP contribution in [0.3, 0.4) is 0 Å². The lowest BCUT2D eigenvalue weighted by Crippen LogP contribution is -2.42. The Bertz CT molecular complexity index is 1000. The van der Waals surface area contributed by atoms with Crippen LogP contribution in [0.15, 0.2) is 55.1 Å². The average Bonchev–Trinajstić information content (AvgIpc) is 3.34. The summed E-state index contributed by atoms with van der Waals surface area (Å²) in [4.78, 5) is 30.7. The summed E-state index contributed by atoms with van der Waals surface area (Å²) in [7, 11) is 0. The predicted molar refractivity (Wildman–Crippen MR) is 106 cm³/mol. The molecule has 3 heterocycles. The number of aromatic nitrogens is 4. The fourth-order valence-corrected chi connectivity index (χ4v) is 2.89. The molecule has 0 radical (unpaired) electrons. The number of nitrogens with one attached hydrogen (secondary N) is 1. The second-order valence-corrected chi connectivity index (χ2v) is 6.51. The third-order valence-corrected chi connectivity index (χ3v) is 4.49. The van der Waals surface area contributed by atoms with E-state index >= 15 is 0 Å². The van der Waals surface area contributed by atoms with Crippen molar-refractivity contribution in [2.45, 2.75) is 0 Å². The molecule has 1 fully saturated rings. The molecule has 3 aromatic rings. The Labute approximate surface area is 172 Å². The molecule has 1 saturated heterocycles. The highest BCUT2D eigenvalue weighted by atomic mass is 16.5. The Kier molecular flexibility index (Phi) is 5.95. The zero-order valence-corrected chi connectivity index (χ0v) is 16.1. The van der Waals surface area contributed by atoms with E-state index in [-0.39, 0.29) is 24.1 Å². The maximum absolute atomic E-state index is 12.5. The molecule has 1 aliphatic rings. The Morgan fingerprint density at radius 2 is 1.77 bits per heavy atom. The number of anilines is 1. The first kappa shape index (κ1) is 19.5. The van der Waals surface area contributed by atoms with E-state index in [1.807, 2.05) is 0 Å². The lowest BCUT2D eigenvalue weighted by atomic mass is 10.2. The fraction of sp³-hybridized carbons (Fsp3) is 0.250. The first-order valence-corrected chi connectivity index (χ1v) is 9.41. The van der Waals surface area contributed by atoms with Crippen molar-refractivity contribution in [3.05, 3.63) is 60.8 Å². The SMILES string of the molecule is O=C(Nc1ccc(OCC(=O)N2CCOCC2)cc1)c1cccc(-n2cnnc2)n1. The van der Waals surface area contributed by atoms with Crippen LogP contribution in [-0.2, 0) is 9.53 Å². The van der Waals surface area contributed by atoms with Gasteiger partial charge >= 0.3 is 0 Å². The molecule has 154 valence electrons. The third-order valence-electron chi connectivity index (χ3n) is 4.49. The minimum Gasteiger partial charge on any atom is -0.484 e. The summed E-state index contributed by atoms with van der Waals surface area (Å²) in [5.41, 5.74) is 0.848. The molecule has 0 atom stereocenters. The second kappa shape index (κ2) is 9.14. The van der Waals surface area contributed by atoms with Gasteiger partial charge in [-0.2, -0.15) is 0 Å². The van der Waals surface area contributed by atoms with E-state index in [1.165, 1.54) is 12.7 Å². The predicted octanol–water partition coefficient (Wildman–Crippen LogP) is 1.15. The fourth-order valence-electron chi connectivity index (χ4n) is 2.89. The molecule has 2 aromatic heterocycles. The van der Waals surface area contributed by atoms with Crippen molar-refractivity contribution in [2.24, 2.45) is 0 Å². The average molecular weight is 408 g/mol. The molecule has 1 N–H and O–H groups in total. The molecule has 0 saturated carbocycles. The van der Waals surface area contributed by atoms with E-state index in [0.717, 1.165) is 0 Å². The lowest BCUT2D eigenvalue weighted by Gasteiger charge is -2.26. The molecule has 1 aliphatic heterocycles. The maximum Gasteiger partial charge on any atom is 0.274 e. The van der Waals surface area contributed by atoms with Crippen molar-refractivity contribution >= 4 is 17.5 Å². The molecule has 0 spiro atoms. The van der Waals surface area contributed by atoms with Gasteiger partial charge in [0.05, 0.1) is 13.2 Å². The molecule has 0 bridgehead atoms. The van der Waals surface area contributed by atoms with Crippen LogP contribution in [0.1, 0.15) is 10.5 Å². The highest BCUT2D eigenvalue weighted by molar-refractivity contribution is 6.03. The number of hydrogen-bond acceptors (Lipinski definition) is 7. The Balaban J connectivity index is 1.32. The topological polar surface area (TPSA) is 111 Å². The van der Waals surface area contributed by atoms with Crippen molar-refractivity contribution < 1.29 is 19.1 Å². The van der Waals surface area contributed by atoms with E-state index in [1.54, 1.807) is 51.9 Å². The monoisotopic (exact) mass is 408 g/mol. The van der Waals surface area contributed by atoms with Crippen LogP contribution in [-0.4, -0.2) is 69.4 Å². The molecule has 10 heteroatoms.